The van der Waals surface area contributed by atoms with Gasteiger partial charge in [0.15, 0.2) is 0 Å². The summed E-state index contributed by atoms with van der Waals surface area (Å²) in [6.07, 6.45) is -2.19. The number of hydrogen-bond acceptors (Lipinski definition) is 4. The molecule has 2 aromatic rings. The number of likely N-dealkylation sites (tertiary alicyclic amines) is 1. The Hall–Kier alpha value is -3.02. The maximum Gasteiger partial charge on any atom is 0.416 e. The SMILES string of the molecule is CC(C)CN(C(=O)C#Cc1ccc(C(F)(F)F)cc1)[C@@H]1CC[C@@]2(O)[C@H]3Cc4cccc5c4[C@@]2(CCN3C)[C@H]1O5. The Morgan fingerprint density at radius 3 is 2.64 bits per heavy atom. The minimum absolute atomic E-state index is 0.0205. The highest BCUT2D eigenvalue weighted by molar-refractivity contribution is 5.94. The van der Waals surface area contributed by atoms with Crippen LogP contribution in [0, 0.1) is 17.8 Å². The summed E-state index contributed by atoms with van der Waals surface area (Å²) in [4.78, 5) is 17.7. The van der Waals surface area contributed by atoms with Crippen LogP contribution in [0.3, 0.4) is 0 Å². The lowest BCUT2D eigenvalue weighted by Crippen LogP contribution is -2.78. The van der Waals surface area contributed by atoms with Gasteiger partial charge in [0.2, 0.25) is 0 Å². The van der Waals surface area contributed by atoms with E-state index in [1.807, 2.05) is 26.0 Å². The van der Waals surface area contributed by atoms with Crippen LogP contribution in [0.25, 0.3) is 0 Å². The van der Waals surface area contributed by atoms with Crippen molar-refractivity contribution in [1.82, 2.24) is 9.80 Å². The summed E-state index contributed by atoms with van der Waals surface area (Å²) in [7, 11) is 2.08. The lowest BCUT2D eigenvalue weighted by atomic mass is 9.48. The van der Waals surface area contributed by atoms with Gasteiger partial charge in [0, 0.05) is 29.6 Å². The highest BCUT2D eigenvalue weighted by Crippen LogP contribution is 2.64. The van der Waals surface area contributed by atoms with Crippen molar-refractivity contribution in [2.45, 2.75) is 74.9 Å². The largest absolute Gasteiger partial charge is 0.487 e. The molecule has 4 aliphatic rings. The van der Waals surface area contributed by atoms with Crippen LogP contribution in [0.15, 0.2) is 42.5 Å². The van der Waals surface area contributed by atoms with Crippen LogP contribution >= 0.6 is 0 Å². The third-order valence-electron chi connectivity index (χ3n) is 9.35. The predicted molar refractivity (Wildman–Crippen MR) is 140 cm³/mol. The van der Waals surface area contributed by atoms with Gasteiger partial charge in [0.25, 0.3) is 5.91 Å². The Morgan fingerprint density at radius 2 is 1.95 bits per heavy atom. The first-order valence-electron chi connectivity index (χ1n) is 13.7. The third-order valence-corrected chi connectivity index (χ3v) is 9.35. The topological polar surface area (TPSA) is 53.0 Å². The van der Waals surface area contributed by atoms with Crippen LogP contribution in [0.5, 0.6) is 5.75 Å². The number of ether oxygens (including phenoxy) is 1. The fraction of sp³-hybridized carbons (Fsp3) is 0.516. The van der Waals surface area contributed by atoms with E-state index in [9.17, 15) is 23.1 Å². The zero-order chi connectivity index (χ0) is 27.7. The zero-order valence-electron chi connectivity index (χ0n) is 22.4. The van der Waals surface area contributed by atoms with Gasteiger partial charge in [-0.2, -0.15) is 13.2 Å². The van der Waals surface area contributed by atoms with E-state index >= 15 is 0 Å². The first-order chi connectivity index (χ1) is 18.5. The van der Waals surface area contributed by atoms with Crippen molar-refractivity contribution in [1.29, 1.82) is 0 Å². The number of hydrogen-bond donors (Lipinski definition) is 1. The van der Waals surface area contributed by atoms with Crippen molar-refractivity contribution in [3.05, 3.63) is 64.7 Å². The molecular formula is C31H33F3N2O3. The number of halogens is 3. The third kappa shape index (κ3) is 3.88. The molecule has 0 unspecified atom stereocenters. The molecule has 5 nitrogen and oxygen atoms in total. The number of benzene rings is 2. The highest BCUT2D eigenvalue weighted by Gasteiger charge is 2.72. The second-order valence-electron chi connectivity index (χ2n) is 12.0. The molecule has 2 bridgehead atoms. The first kappa shape index (κ1) is 26.2. The maximum absolute atomic E-state index is 13.7. The molecule has 39 heavy (non-hydrogen) atoms. The second-order valence-corrected chi connectivity index (χ2v) is 12.0. The number of rotatable bonds is 3. The van der Waals surface area contributed by atoms with Crippen molar-refractivity contribution in [2.75, 3.05) is 20.1 Å². The first-order valence-corrected chi connectivity index (χ1v) is 13.7. The average molecular weight is 539 g/mol. The van der Waals surface area contributed by atoms with Crippen molar-refractivity contribution in [2.24, 2.45) is 5.92 Å². The molecule has 2 aliphatic heterocycles. The molecule has 1 amide bonds. The molecule has 2 fully saturated rings. The molecule has 6 rings (SSSR count). The smallest absolute Gasteiger partial charge is 0.416 e. The van der Waals surface area contributed by atoms with Gasteiger partial charge in [0.1, 0.15) is 11.9 Å². The van der Waals surface area contributed by atoms with Gasteiger partial charge in [-0.25, -0.2) is 0 Å². The van der Waals surface area contributed by atoms with Gasteiger partial charge >= 0.3 is 6.18 Å². The fourth-order valence-electron chi connectivity index (χ4n) is 7.72. The van der Waals surface area contributed by atoms with Gasteiger partial charge in [-0.1, -0.05) is 31.9 Å². The lowest BCUT2D eigenvalue weighted by molar-refractivity contribution is -0.197. The van der Waals surface area contributed by atoms with Crippen LogP contribution in [0.1, 0.15) is 55.4 Å². The number of carbonyl (C=O) groups is 1. The van der Waals surface area contributed by atoms with E-state index in [0.29, 0.717) is 24.9 Å². The number of nitrogens with zero attached hydrogens (tertiary/aromatic N) is 2. The summed E-state index contributed by atoms with van der Waals surface area (Å²) in [6.45, 7) is 5.37. The van der Waals surface area contributed by atoms with Crippen LogP contribution in [0.2, 0.25) is 0 Å². The normalized spacial score (nSPS) is 30.7. The minimum Gasteiger partial charge on any atom is -0.487 e. The Labute approximate surface area is 226 Å². The highest BCUT2D eigenvalue weighted by atomic mass is 19.4. The minimum atomic E-state index is -4.43. The summed E-state index contributed by atoms with van der Waals surface area (Å²) in [5.41, 5.74) is 0.348. The van der Waals surface area contributed by atoms with Crippen LogP contribution < -0.4 is 4.74 Å². The molecule has 2 aliphatic carbocycles. The number of amides is 1. The predicted octanol–water partition coefficient (Wildman–Crippen LogP) is 4.39. The Bertz CT molecular complexity index is 1360. The lowest BCUT2D eigenvalue weighted by Gasteiger charge is -2.64. The van der Waals surface area contributed by atoms with Crippen LogP contribution in [-0.2, 0) is 22.8 Å². The van der Waals surface area contributed by atoms with Crippen molar-refractivity contribution >= 4 is 5.91 Å². The molecule has 1 saturated heterocycles. The molecule has 2 aromatic carbocycles. The van der Waals surface area contributed by atoms with Crippen LogP contribution in [-0.4, -0.2) is 64.7 Å². The molecule has 0 radical (unpaired) electrons. The van der Waals surface area contributed by atoms with Gasteiger partial charge in [-0.15, -0.1) is 0 Å². The van der Waals surface area contributed by atoms with Gasteiger partial charge in [-0.3, -0.25) is 4.79 Å². The van der Waals surface area contributed by atoms with Crippen LogP contribution in [0.4, 0.5) is 13.2 Å². The summed E-state index contributed by atoms with van der Waals surface area (Å²) in [5, 5.41) is 12.4. The molecule has 1 N–H and O–H groups in total. The van der Waals surface area contributed by atoms with Gasteiger partial charge in [0.05, 0.1) is 22.6 Å². The zero-order valence-corrected chi connectivity index (χ0v) is 22.4. The summed E-state index contributed by atoms with van der Waals surface area (Å²) >= 11 is 0. The van der Waals surface area contributed by atoms with Crippen molar-refractivity contribution in [3.8, 4) is 17.6 Å². The molecule has 1 saturated carbocycles. The monoisotopic (exact) mass is 538 g/mol. The summed E-state index contributed by atoms with van der Waals surface area (Å²) in [6, 6.07) is 10.3. The number of aliphatic hydroxyl groups is 1. The van der Waals surface area contributed by atoms with E-state index in [0.717, 1.165) is 42.8 Å². The Balaban J connectivity index is 1.36. The molecule has 206 valence electrons. The molecule has 2 heterocycles. The molecule has 8 heteroatoms. The molecule has 0 aromatic heterocycles. The summed E-state index contributed by atoms with van der Waals surface area (Å²) < 4.78 is 45.5. The number of likely N-dealkylation sites (N-methyl/N-ethyl adjacent to an activating group) is 1. The summed E-state index contributed by atoms with van der Waals surface area (Å²) in [5.74, 6) is 6.06. The molecule has 1 spiro atoms. The number of piperidine rings is 1. The van der Waals surface area contributed by atoms with Crippen molar-refractivity contribution < 1.29 is 27.8 Å². The number of alkyl halides is 3. The molecular weight excluding hydrogens is 505 g/mol. The van der Waals surface area contributed by atoms with E-state index in [4.69, 9.17) is 4.74 Å². The second kappa shape index (κ2) is 9.00. The number of carbonyl (C=O) groups excluding carboxylic acids is 1. The quantitative estimate of drug-likeness (QED) is 0.589. The fourth-order valence-corrected chi connectivity index (χ4v) is 7.72. The van der Waals surface area contributed by atoms with E-state index < -0.39 is 28.9 Å². The van der Waals surface area contributed by atoms with E-state index in [2.05, 4.69) is 29.9 Å². The van der Waals surface area contributed by atoms with Gasteiger partial charge < -0.3 is 19.6 Å². The van der Waals surface area contributed by atoms with Gasteiger partial charge in [-0.05, 0) is 81.1 Å². The standard InChI is InChI=1S/C31H33F3N2O3/c1-19(2)18-36(26(37)12-9-20-7-10-22(11-8-20)31(32,33)34)23-13-14-30(38)25-17-21-5-4-6-24-27(21)29(30,28(23)39-24)15-16-35(25)3/h4-8,10-11,19,23,25,28,38H,13-18H2,1-3H3/t23-,25-,28+,29+,30-/m1/s1. The van der Waals surface area contributed by atoms with E-state index in [-0.39, 0.29) is 23.9 Å². The average Bonchev–Trinajstić information content (AvgIpc) is 3.23. The Morgan fingerprint density at radius 1 is 1.21 bits per heavy atom. The van der Waals surface area contributed by atoms with E-state index in [1.165, 1.54) is 17.7 Å². The Kier molecular flexibility index (Phi) is 6.05. The van der Waals surface area contributed by atoms with E-state index in [1.54, 1.807) is 4.90 Å². The molecule has 5 atom stereocenters. The maximum atomic E-state index is 13.7. The van der Waals surface area contributed by atoms with Crippen molar-refractivity contribution in [3.63, 3.8) is 0 Å².